The fourth-order valence-corrected chi connectivity index (χ4v) is 3.15. The van der Waals surface area contributed by atoms with Crippen molar-refractivity contribution < 1.29 is 23.5 Å². The second-order valence-electron chi connectivity index (χ2n) is 6.08. The summed E-state index contributed by atoms with van der Waals surface area (Å²) in [6.45, 7) is 0.586. The van der Waals surface area contributed by atoms with Crippen LogP contribution in [0.5, 0.6) is 0 Å². The lowest BCUT2D eigenvalue weighted by molar-refractivity contribution is -0.139. The predicted molar refractivity (Wildman–Crippen MR) is 87.2 cm³/mol. The van der Waals surface area contributed by atoms with E-state index in [0.717, 1.165) is 6.42 Å². The Morgan fingerprint density at radius 2 is 2.16 bits per heavy atom. The summed E-state index contributed by atoms with van der Waals surface area (Å²) in [6, 6.07) is 6.02. The number of carbonyl (C=O) groups excluding carboxylic acids is 1. The largest absolute Gasteiger partial charge is 0.481 e. The van der Waals surface area contributed by atoms with E-state index in [4.69, 9.17) is 9.52 Å². The Bertz CT molecular complexity index is 774. The molecule has 1 atom stereocenters. The van der Waals surface area contributed by atoms with Gasteiger partial charge in [-0.25, -0.2) is 9.37 Å². The number of oxazole rings is 1. The number of rotatable bonds is 6. The number of nitrogens with zero attached hydrogens (tertiary/aromatic N) is 2. The smallest absolute Gasteiger partial charge is 0.305 e. The summed E-state index contributed by atoms with van der Waals surface area (Å²) in [6.07, 6.45) is 3.44. The standard InChI is InChI=1S/C18H19FN2O4/c19-14-6-2-1-5-13(14)15-11-20-16(25-15)7-8-17(22)21-9-3-4-12(21)10-18(23)24/h1-2,5-6,11-12H,3-4,7-10H2,(H,23,24). The molecule has 6 nitrogen and oxygen atoms in total. The van der Waals surface area contributed by atoms with Crippen LogP contribution in [0, 0.1) is 5.82 Å². The van der Waals surface area contributed by atoms with E-state index < -0.39 is 11.8 Å². The number of aliphatic carboxylic acids is 1. The molecule has 3 rings (SSSR count). The predicted octanol–water partition coefficient (Wildman–Crippen LogP) is 2.88. The quantitative estimate of drug-likeness (QED) is 0.869. The third kappa shape index (κ3) is 4.04. The number of halogens is 1. The molecule has 1 aromatic heterocycles. The number of aromatic nitrogens is 1. The van der Waals surface area contributed by atoms with Crippen molar-refractivity contribution in [1.29, 1.82) is 0 Å². The van der Waals surface area contributed by atoms with Gasteiger partial charge in [0.2, 0.25) is 5.91 Å². The van der Waals surface area contributed by atoms with Gasteiger partial charge in [0.25, 0.3) is 0 Å². The Morgan fingerprint density at radius 1 is 1.36 bits per heavy atom. The minimum atomic E-state index is -0.896. The Hall–Kier alpha value is -2.70. The van der Waals surface area contributed by atoms with E-state index in [1.807, 2.05) is 0 Å². The summed E-state index contributed by atoms with van der Waals surface area (Å²) < 4.78 is 19.3. The van der Waals surface area contributed by atoms with Crippen molar-refractivity contribution >= 4 is 11.9 Å². The zero-order valence-corrected chi connectivity index (χ0v) is 13.7. The van der Waals surface area contributed by atoms with Crippen molar-refractivity contribution in [3.8, 4) is 11.3 Å². The van der Waals surface area contributed by atoms with Crippen molar-refractivity contribution in [2.24, 2.45) is 0 Å². The Labute approximate surface area is 144 Å². The lowest BCUT2D eigenvalue weighted by Crippen LogP contribution is -2.36. The number of carboxylic acid groups (broad SMARTS) is 1. The van der Waals surface area contributed by atoms with E-state index in [-0.39, 0.29) is 24.8 Å². The molecule has 1 fully saturated rings. The van der Waals surface area contributed by atoms with Gasteiger partial charge in [0.05, 0.1) is 18.2 Å². The van der Waals surface area contributed by atoms with Crippen molar-refractivity contribution in [3.63, 3.8) is 0 Å². The highest BCUT2D eigenvalue weighted by Crippen LogP contribution is 2.25. The molecule has 1 aliphatic heterocycles. The van der Waals surface area contributed by atoms with Crippen molar-refractivity contribution in [3.05, 3.63) is 42.2 Å². The van der Waals surface area contributed by atoms with Gasteiger partial charge in [-0.1, -0.05) is 12.1 Å². The summed E-state index contributed by atoms with van der Waals surface area (Å²) >= 11 is 0. The summed E-state index contributed by atoms with van der Waals surface area (Å²) in [5, 5.41) is 8.92. The van der Waals surface area contributed by atoms with Crippen molar-refractivity contribution in [2.75, 3.05) is 6.54 Å². The number of carbonyl (C=O) groups is 2. The molecular weight excluding hydrogens is 327 g/mol. The van der Waals surface area contributed by atoms with Crippen LogP contribution in [-0.4, -0.2) is 39.5 Å². The van der Waals surface area contributed by atoms with Gasteiger partial charge in [-0.05, 0) is 25.0 Å². The average Bonchev–Trinajstić information content (AvgIpc) is 3.22. The molecule has 25 heavy (non-hydrogen) atoms. The monoisotopic (exact) mass is 346 g/mol. The molecule has 0 spiro atoms. The average molecular weight is 346 g/mol. The molecular formula is C18H19FN2O4. The van der Waals surface area contributed by atoms with Crippen LogP contribution < -0.4 is 0 Å². The fraction of sp³-hybridized carbons (Fsp3) is 0.389. The molecule has 0 bridgehead atoms. The van der Waals surface area contributed by atoms with E-state index in [9.17, 15) is 14.0 Å². The maximum Gasteiger partial charge on any atom is 0.305 e. The van der Waals surface area contributed by atoms with Gasteiger partial charge in [-0.2, -0.15) is 0 Å². The van der Waals surface area contributed by atoms with Crippen LogP contribution in [0.3, 0.4) is 0 Å². The van der Waals surface area contributed by atoms with Gasteiger partial charge in [0.15, 0.2) is 11.7 Å². The number of aryl methyl sites for hydroxylation is 1. The zero-order chi connectivity index (χ0) is 17.8. The number of amides is 1. The first-order chi connectivity index (χ1) is 12.0. The van der Waals surface area contributed by atoms with Gasteiger partial charge >= 0.3 is 5.97 Å². The molecule has 1 unspecified atom stereocenters. The molecule has 1 aromatic carbocycles. The van der Waals surface area contributed by atoms with Crippen LogP contribution >= 0.6 is 0 Å². The van der Waals surface area contributed by atoms with Gasteiger partial charge in [-0.3, -0.25) is 9.59 Å². The van der Waals surface area contributed by atoms with E-state index in [1.165, 1.54) is 12.3 Å². The second-order valence-corrected chi connectivity index (χ2v) is 6.08. The molecule has 7 heteroatoms. The Balaban J connectivity index is 1.60. The second kappa shape index (κ2) is 7.46. The minimum absolute atomic E-state index is 0.0256. The van der Waals surface area contributed by atoms with Gasteiger partial charge < -0.3 is 14.4 Å². The fourth-order valence-electron chi connectivity index (χ4n) is 3.15. The molecule has 2 heterocycles. The Morgan fingerprint density at radius 3 is 2.92 bits per heavy atom. The molecule has 1 amide bonds. The third-order valence-electron chi connectivity index (χ3n) is 4.35. The molecule has 0 saturated carbocycles. The molecule has 1 N–H and O–H groups in total. The maximum absolute atomic E-state index is 13.8. The summed E-state index contributed by atoms with van der Waals surface area (Å²) in [7, 11) is 0. The van der Waals surface area contributed by atoms with Crippen LogP contribution in [0.1, 0.15) is 31.6 Å². The SMILES string of the molecule is O=C(O)CC1CCCN1C(=O)CCc1ncc(-c2ccccc2F)o1. The van der Waals surface area contributed by atoms with E-state index in [1.54, 1.807) is 23.1 Å². The molecule has 132 valence electrons. The number of hydrogen-bond donors (Lipinski definition) is 1. The number of hydrogen-bond acceptors (Lipinski definition) is 4. The van der Waals surface area contributed by atoms with Gasteiger partial charge in [0.1, 0.15) is 5.82 Å². The van der Waals surface area contributed by atoms with Gasteiger partial charge in [-0.15, -0.1) is 0 Å². The lowest BCUT2D eigenvalue weighted by atomic mass is 10.1. The highest BCUT2D eigenvalue weighted by molar-refractivity contribution is 5.78. The Kier molecular flexibility index (Phi) is 5.11. The molecule has 0 aliphatic carbocycles. The summed E-state index contributed by atoms with van der Waals surface area (Å²) in [5.41, 5.74) is 0.327. The molecule has 1 saturated heterocycles. The van der Waals surface area contributed by atoms with Crippen LogP contribution in [0.25, 0.3) is 11.3 Å². The first-order valence-corrected chi connectivity index (χ1v) is 8.25. The normalized spacial score (nSPS) is 17.0. The van der Waals surface area contributed by atoms with Crippen LogP contribution in [0.4, 0.5) is 4.39 Å². The van der Waals surface area contributed by atoms with E-state index in [2.05, 4.69) is 4.98 Å². The zero-order valence-electron chi connectivity index (χ0n) is 13.7. The molecule has 0 radical (unpaired) electrons. The molecule has 2 aromatic rings. The third-order valence-corrected chi connectivity index (χ3v) is 4.35. The minimum Gasteiger partial charge on any atom is -0.481 e. The lowest BCUT2D eigenvalue weighted by Gasteiger charge is -2.23. The van der Waals surface area contributed by atoms with Crippen LogP contribution in [0.15, 0.2) is 34.9 Å². The summed E-state index contributed by atoms with van der Waals surface area (Å²) in [5.74, 6) is -0.706. The number of carboxylic acids is 1. The van der Waals surface area contributed by atoms with Gasteiger partial charge in [0, 0.05) is 25.4 Å². The van der Waals surface area contributed by atoms with E-state index >= 15 is 0 Å². The summed E-state index contributed by atoms with van der Waals surface area (Å²) in [4.78, 5) is 29.0. The van der Waals surface area contributed by atoms with E-state index in [0.29, 0.717) is 36.6 Å². The first kappa shape index (κ1) is 17.1. The topological polar surface area (TPSA) is 83.6 Å². The van der Waals surface area contributed by atoms with Crippen LogP contribution in [-0.2, 0) is 16.0 Å². The van der Waals surface area contributed by atoms with Crippen molar-refractivity contribution in [1.82, 2.24) is 9.88 Å². The maximum atomic E-state index is 13.8. The molecule has 1 aliphatic rings. The van der Waals surface area contributed by atoms with Crippen molar-refractivity contribution in [2.45, 2.75) is 38.1 Å². The first-order valence-electron chi connectivity index (χ1n) is 8.25. The highest BCUT2D eigenvalue weighted by Gasteiger charge is 2.30. The highest BCUT2D eigenvalue weighted by atomic mass is 19.1. The van der Waals surface area contributed by atoms with Crippen LogP contribution in [0.2, 0.25) is 0 Å². The number of likely N-dealkylation sites (tertiary alicyclic amines) is 1. The number of benzene rings is 1.